The van der Waals surface area contributed by atoms with Crippen LogP contribution in [0.25, 0.3) is 11.0 Å². The molecule has 2 aromatic heterocycles. The summed E-state index contributed by atoms with van der Waals surface area (Å²) < 4.78 is 0. The molecule has 4 atom stereocenters. The molecule has 0 saturated heterocycles. The lowest BCUT2D eigenvalue weighted by Gasteiger charge is -2.15. The number of aliphatic hydroxyl groups is 3. The molecule has 0 amide bonds. The maximum atomic E-state index is 11.7. The van der Waals surface area contributed by atoms with Crippen molar-refractivity contribution in [2.24, 2.45) is 5.92 Å². The fourth-order valence-corrected chi connectivity index (χ4v) is 2.95. The molecule has 0 aliphatic heterocycles. The van der Waals surface area contributed by atoms with E-state index in [1.807, 2.05) is 0 Å². The number of nitrogens with two attached hydrogens (primary N) is 1. The van der Waals surface area contributed by atoms with E-state index in [-0.39, 0.29) is 29.5 Å². The Balaban J connectivity index is 2.09. The first-order valence-electron chi connectivity index (χ1n) is 6.36. The van der Waals surface area contributed by atoms with Crippen LogP contribution in [0.5, 0.6) is 0 Å². The molecular weight excluding hydrogens is 264 g/mol. The van der Waals surface area contributed by atoms with Crippen molar-refractivity contribution in [1.29, 1.82) is 0 Å². The molecule has 20 heavy (non-hydrogen) atoms. The molecule has 0 aromatic carbocycles. The van der Waals surface area contributed by atoms with Crippen molar-refractivity contribution < 1.29 is 15.3 Å². The van der Waals surface area contributed by atoms with Crippen LogP contribution < -0.4 is 11.3 Å². The minimum absolute atomic E-state index is 0.00454. The summed E-state index contributed by atoms with van der Waals surface area (Å²) in [4.78, 5) is 21.0. The van der Waals surface area contributed by atoms with Gasteiger partial charge in [0.2, 0.25) is 5.95 Å². The fraction of sp³-hybridized carbons (Fsp3) is 0.500. The third-order valence-electron chi connectivity index (χ3n) is 4.02. The average molecular weight is 280 g/mol. The normalized spacial score (nSPS) is 30.1. The Labute approximate surface area is 113 Å². The van der Waals surface area contributed by atoms with Gasteiger partial charge in [0, 0.05) is 30.2 Å². The van der Waals surface area contributed by atoms with E-state index in [1.165, 1.54) is 0 Å². The molecule has 1 unspecified atom stereocenters. The summed E-state index contributed by atoms with van der Waals surface area (Å²) in [6.45, 7) is -0.201. The minimum Gasteiger partial charge on any atom is -0.396 e. The molecule has 1 saturated carbocycles. The monoisotopic (exact) mass is 280 g/mol. The van der Waals surface area contributed by atoms with Crippen LogP contribution >= 0.6 is 0 Å². The summed E-state index contributed by atoms with van der Waals surface area (Å²) >= 11 is 0. The zero-order valence-electron chi connectivity index (χ0n) is 10.6. The number of H-pyrrole nitrogens is 2. The van der Waals surface area contributed by atoms with Crippen molar-refractivity contribution in [2.45, 2.75) is 24.5 Å². The molecule has 0 spiro atoms. The zero-order chi connectivity index (χ0) is 14.4. The molecule has 1 fully saturated rings. The number of nitrogens with one attached hydrogen (secondary N) is 2. The summed E-state index contributed by atoms with van der Waals surface area (Å²) in [6.07, 6.45) is 0.00938. The van der Waals surface area contributed by atoms with Crippen molar-refractivity contribution >= 4 is 17.0 Å². The largest absolute Gasteiger partial charge is 0.396 e. The van der Waals surface area contributed by atoms with Gasteiger partial charge in [-0.25, -0.2) is 4.98 Å². The molecule has 0 radical (unpaired) electrons. The van der Waals surface area contributed by atoms with Gasteiger partial charge in [0.15, 0.2) is 0 Å². The van der Waals surface area contributed by atoms with E-state index in [2.05, 4.69) is 15.0 Å². The number of fused-ring (bicyclic) bond motifs is 1. The summed E-state index contributed by atoms with van der Waals surface area (Å²) in [6, 6.07) is 0. The molecule has 2 aromatic rings. The highest BCUT2D eigenvalue weighted by atomic mass is 16.3. The van der Waals surface area contributed by atoms with Crippen LogP contribution in [0.15, 0.2) is 11.0 Å². The predicted molar refractivity (Wildman–Crippen MR) is 71.1 cm³/mol. The summed E-state index contributed by atoms with van der Waals surface area (Å²) in [5.41, 5.74) is 6.45. The summed E-state index contributed by atoms with van der Waals surface area (Å²) in [5.74, 6) is -0.793. The van der Waals surface area contributed by atoms with Crippen LogP contribution in [-0.4, -0.2) is 49.1 Å². The van der Waals surface area contributed by atoms with E-state index in [4.69, 9.17) is 5.73 Å². The Morgan fingerprint density at radius 1 is 1.40 bits per heavy atom. The number of aromatic amines is 2. The third-order valence-corrected chi connectivity index (χ3v) is 4.02. The molecule has 1 aliphatic rings. The number of hydrogen-bond donors (Lipinski definition) is 6. The fourth-order valence-electron chi connectivity index (χ4n) is 2.95. The quantitative estimate of drug-likeness (QED) is 0.400. The van der Waals surface area contributed by atoms with Gasteiger partial charge in [-0.15, -0.1) is 0 Å². The molecule has 3 rings (SSSR count). The number of hydrogen-bond acceptors (Lipinski definition) is 6. The maximum absolute atomic E-state index is 11.7. The molecule has 8 nitrogen and oxygen atoms in total. The van der Waals surface area contributed by atoms with E-state index < -0.39 is 18.1 Å². The third kappa shape index (κ3) is 1.80. The Bertz CT molecular complexity index is 694. The average Bonchev–Trinajstić information content (AvgIpc) is 2.93. The Kier molecular flexibility index (Phi) is 3.00. The Morgan fingerprint density at radius 3 is 2.80 bits per heavy atom. The van der Waals surface area contributed by atoms with E-state index in [1.54, 1.807) is 6.20 Å². The number of nitrogens with zero attached hydrogens (tertiary/aromatic N) is 1. The Hall–Kier alpha value is -1.90. The van der Waals surface area contributed by atoms with Crippen LogP contribution in [0.2, 0.25) is 0 Å². The number of anilines is 1. The molecule has 8 heteroatoms. The first-order chi connectivity index (χ1) is 9.52. The molecule has 2 heterocycles. The van der Waals surface area contributed by atoms with Crippen LogP contribution in [0.4, 0.5) is 5.95 Å². The van der Waals surface area contributed by atoms with Crippen LogP contribution in [0, 0.1) is 5.92 Å². The second kappa shape index (κ2) is 4.58. The van der Waals surface area contributed by atoms with Crippen molar-refractivity contribution in [3.05, 3.63) is 22.1 Å². The van der Waals surface area contributed by atoms with Gasteiger partial charge >= 0.3 is 0 Å². The van der Waals surface area contributed by atoms with E-state index in [9.17, 15) is 20.1 Å². The van der Waals surface area contributed by atoms with Gasteiger partial charge in [0.05, 0.1) is 12.2 Å². The van der Waals surface area contributed by atoms with Gasteiger partial charge in [-0.3, -0.25) is 9.78 Å². The van der Waals surface area contributed by atoms with Crippen molar-refractivity contribution in [2.75, 3.05) is 12.3 Å². The second-order valence-electron chi connectivity index (χ2n) is 5.18. The smallest absolute Gasteiger partial charge is 0.276 e. The van der Waals surface area contributed by atoms with Gasteiger partial charge in [0.1, 0.15) is 11.0 Å². The van der Waals surface area contributed by atoms with Gasteiger partial charge in [-0.2, -0.15) is 0 Å². The first-order valence-corrected chi connectivity index (χ1v) is 6.36. The van der Waals surface area contributed by atoms with E-state index in [0.717, 1.165) is 0 Å². The topological polar surface area (TPSA) is 148 Å². The van der Waals surface area contributed by atoms with Gasteiger partial charge in [0.25, 0.3) is 5.56 Å². The molecule has 108 valence electrons. The van der Waals surface area contributed by atoms with Crippen molar-refractivity contribution in [3.63, 3.8) is 0 Å². The highest BCUT2D eigenvalue weighted by Crippen LogP contribution is 2.40. The second-order valence-corrected chi connectivity index (χ2v) is 5.18. The standard InChI is InChI=1S/C12H16N4O4/c13-12-15-7-6(2-14-8(7)11(20)16-12)5-1-4(3-17)9(18)10(5)19/h2,4-5,9-10,14,17-19H,1,3H2,(H3,13,15,16,20)/t4-,5+,9?,10-/m1/s1. The maximum Gasteiger partial charge on any atom is 0.276 e. The Morgan fingerprint density at radius 2 is 2.15 bits per heavy atom. The van der Waals surface area contributed by atoms with Gasteiger partial charge in [-0.1, -0.05) is 0 Å². The van der Waals surface area contributed by atoms with Crippen LogP contribution in [0.1, 0.15) is 17.9 Å². The number of nitrogen functional groups attached to an aromatic ring is 1. The molecular formula is C12H16N4O4. The summed E-state index contributed by atoms with van der Waals surface area (Å²) in [5, 5.41) is 29.2. The highest BCUT2D eigenvalue weighted by molar-refractivity contribution is 5.79. The number of aromatic nitrogens is 3. The van der Waals surface area contributed by atoms with Crippen molar-refractivity contribution in [3.8, 4) is 0 Å². The lowest BCUT2D eigenvalue weighted by molar-refractivity contribution is 0.00241. The van der Waals surface area contributed by atoms with Crippen LogP contribution in [-0.2, 0) is 0 Å². The predicted octanol–water partition coefficient (Wildman–Crippen LogP) is -1.35. The van der Waals surface area contributed by atoms with Gasteiger partial charge in [-0.05, 0) is 6.42 Å². The number of rotatable bonds is 2. The lowest BCUT2D eigenvalue weighted by atomic mass is 9.96. The van der Waals surface area contributed by atoms with Gasteiger partial charge < -0.3 is 26.0 Å². The zero-order valence-corrected chi connectivity index (χ0v) is 10.6. The summed E-state index contributed by atoms with van der Waals surface area (Å²) in [7, 11) is 0. The first kappa shape index (κ1) is 13.1. The van der Waals surface area contributed by atoms with Crippen LogP contribution in [0.3, 0.4) is 0 Å². The van der Waals surface area contributed by atoms with Crippen molar-refractivity contribution in [1.82, 2.24) is 15.0 Å². The van der Waals surface area contributed by atoms with E-state index in [0.29, 0.717) is 17.5 Å². The highest BCUT2D eigenvalue weighted by Gasteiger charge is 2.42. The van der Waals surface area contributed by atoms with E-state index >= 15 is 0 Å². The molecule has 1 aliphatic carbocycles. The lowest BCUT2D eigenvalue weighted by Crippen LogP contribution is -2.28. The SMILES string of the molecule is Nc1nc2c([C@@H]3C[C@H](CO)C(O)[C@@H]3O)c[nH]c2c(=O)[nH]1. The molecule has 0 bridgehead atoms. The number of aliphatic hydroxyl groups excluding tert-OH is 3. The minimum atomic E-state index is -1.01. The molecule has 7 N–H and O–H groups in total.